The SMILES string of the molecule is COc1cccc(OC)c1-c1ccc([C@@](N)(C(C=O)C(=O)O)N2CC[C@@H]2C)cc1. The number of aldehydes is 1. The maximum absolute atomic E-state index is 11.8. The zero-order valence-corrected chi connectivity index (χ0v) is 16.8. The van der Waals surface area contributed by atoms with Crippen LogP contribution < -0.4 is 15.2 Å². The number of aliphatic carboxylic acids is 1. The standard InChI is InChI=1S/C22H26N2O5/c1-14-11-12-24(14)22(23,17(13-25)21(26)27)16-9-7-15(8-10-16)20-18(28-2)5-4-6-19(20)29-3/h4-10,13-14,17H,11-12,23H2,1-3H3,(H,26,27)/t14-,17?,22-/m0/s1. The van der Waals surface area contributed by atoms with Gasteiger partial charge in [0.05, 0.1) is 19.8 Å². The van der Waals surface area contributed by atoms with Gasteiger partial charge in [0.2, 0.25) is 0 Å². The fourth-order valence-corrected chi connectivity index (χ4v) is 3.98. The monoisotopic (exact) mass is 398 g/mol. The molecule has 0 saturated carbocycles. The number of carbonyl (C=O) groups excluding carboxylic acids is 1. The highest BCUT2D eigenvalue weighted by Crippen LogP contribution is 2.41. The van der Waals surface area contributed by atoms with Gasteiger partial charge in [-0.3, -0.25) is 9.69 Å². The van der Waals surface area contributed by atoms with Gasteiger partial charge in [0.15, 0.2) is 0 Å². The van der Waals surface area contributed by atoms with Gasteiger partial charge in [-0.25, -0.2) is 0 Å². The Hall–Kier alpha value is -2.90. The molecule has 1 unspecified atom stereocenters. The van der Waals surface area contributed by atoms with Crippen molar-refractivity contribution in [2.75, 3.05) is 20.8 Å². The van der Waals surface area contributed by atoms with Crippen LogP contribution in [0.3, 0.4) is 0 Å². The third-order valence-electron chi connectivity index (χ3n) is 5.74. The van der Waals surface area contributed by atoms with Crippen LogP contribution in [-0.2, 0) is 15.3 Å². The Balaban J connectivity index is 2.08. The molecule has 0 aromatic heterocycles. The van der Waals surface area contributed by atoms with Crippen LogP contribution in [0, 0.1) is 5.92 Å². The molecular weight excluding hydrogens is 372 g/mol. The molecule has 29 heavy (non-hydrogen) atoms. The van der Waals surface area contributed by atoms with Gasteiger partial charge in [-0.05, 0) is 36.6 Å². The molecule has 0 amide bonds. The number of rotatable bonds is 8. The highest BCUT2D eigenvalue weighted by molar-refractivity contribution is 5.88. The Morgan fingerprint density at radius 1 is 1.21 bits per heavy atom. The highest BCUT2D eigenvalue weighted by atomic mass is 16.5. The molecule has 3 rings (SSSR count). The number of ether oxygens (including phenoxy) is 2. The quantitative estimate of drug-likeness (QED) is 0.520. The summed E-state index contributed by atoms with van der Waals surface area (Å²) in [6, 6.07) is 12.8. The molecule has 2 aromatic carbocycles. The number of likely N-dealkylation sites (tertiary alicyclic amines) is 1. The molecule has 0 bridgehead atoms. The predicted molar refractivity (Wildman–Crippen MR) is 109 cm³/mol. The summed E-state index contributed by atoms with van der Waals surface area (Å²) in [4.78, 5) is 25.3. The van der Waals surface area contributed by atoms with Crippen molar-refractivity contribution in [3.05, 3.63) is 48.0 Å². The van der Waals surface area contributed by atoms with Crippen molar-refractivity contribution in [2.24, 2.45) is 11.7 Å². The van der Waals surface area contributed by atoms with Gasteiger partial charge in [-0.2, -0.15) is 0 Å². The first-order valence-corrected chi connectivity index (χ1v) is 9.44. The van der Waals surface area contributed by atoms with E-state index < -0.39 is 17.6 Å². The Morgan fingerprint density at radius 3 is 2.17 bits per heavy atom. The van der Waals surface area contributed by atoms with Crippen molar-refractivity contribution in [2.45, 2.75) is 25.0 Å². The molecule has 0 aliphatic carbocycles. The molecule has 3 N–H and O–H groups in total. The second-order valence-corrected chi connectivity index (χ2v) is 7.22. The van der Waals surface area contributed by atoms with Crippen molar-refractivity contribution in [3.8, 4) is 22.6 Å². The summed E-state index contributed by atoms with van der Waals surface area (Å²) in [5.41, 5.74) is 7.40. The van der Waals surface area contributed by atoms with E-state index >= 15 is 0 Å². The highest BCUT2D eigenvalue weighted by Gasteiger charge is 2.50. The van der Waals surface area contributed by atoms with E-state index in [0.29, 0.717) is 29.9 Å². The lowest BCUT2D eigenvalue weighted by molar-refractivity contribution is -0.155. The number of carboxylic acids is 1. The maximum atomic E-state index is 11.8. The lowest BCUT2D eigenvalue weighted by Gasteiger charge is -2.52. The van der Waals surface area contributed by atoms with Crippen LogP contribution in [0.25, 0.3) is 11.1 Å². The molecule has 0 radical (unpaired) electrons. The second kappa shape index (κ2) is 8.23. The number of carboxylic acid groups (broad SMARTS) is 1. The van der Waals surface area contributed by atoms with E-state index in [1.165, 1.54) is 0 Å². The van der Waals surface area contributed by atoms with Crippen molar-refractivity contribution < 1.29 is 24.2 Å². The molecule has 2 aromatic rings. The number of methoxy groups -OCH3 is 2. The first-order chi connectivity index (χ1) is 13.9. The summed E-state index contributed by atoms with van der Waals surface area (Å²) in [5, 5.41) is 9.62. The van der Waals surface area contributed by atoms with Gasteiger partial charge >= 0.3 is 5.97 Å². The topological polar surface area (TPSA) is 102 Å². The molecule has 1 heterocycles. The van der Waals surface area contributed by atoms with Gasteiger partial charge in [-0.15, -0.1) is 0 Å². The molecule has 7 nitrogen and oxygen atoms in total. The fraction of sp³-hybridized carbons (Fsp3) is 0.364. The minimum Gasteiger partial charge on any atom is -0.496 e. The molecule has 1 aliphatic rings. The summed E-state index contributed by atoms with van der Waals surface area (Å²) < 4.78 is 10.9. The van der Waals surface area contributed by atoms with E-state index in [4.69, 9.17) is 15.2 Å². The average Bonchev–Trinajstić information content (AvgIpc) is 2.72. The van der Waals surface area contributed by atoms with Crippen LogP contribution in [0.5, 0.6) is 11.5 Å². The van der Waals surface area contributed by atoms with Gasteiger partial charge in [0.25, 0.3) is 0 Å². The van der Waals surface area contributed by atoms with E-state index in [1.54, 1.807) is 26.4 Å². The number of carbonyl (C=O) groups is 2. The van der Waals surface area contributed by atoms with Gasteiger partial charge in [0, 0.05) is 12.6 Å². The Labute approximate surface area is 170 Å². The fourth-order valence-electron chi connectivity index (χ4n) is 3.98. The van der Waals surface area contributed by atoms with E-state index in [-0.39, 0.29) is 6.04 Å². The third kappa shape index (κ3) is 3.47. The first kappa shape index (κ1) is 20.8. The van der Waals surface area contributed by atoms with Gasteiger partial charge < -0.3 is 25.1 Å². The first-order valence-electron chi connectivity index (χ1n) is 9.44. The molecule has 3 atom stereocenters. The molecule has 154 valence electrons. The summed E-state index contributed by atoms with van der Waals surface area (Å²) in [6.45, 7) is 2.61. The summed E-state index contributed by atoms with van der Waals surface area (Å²) in [5.74, 6) is -1.30. The van der Waals surface area contributed by atoms with Crippen molar-refractivity contribution in [3.63, 3.8) is 0 Å². The normalized spacial score (nSPS) is 19.5. The van der Waals surface area contributed by atoms with E-state index in [0.717, 1.165) is 17.5 Å². The lowest BCUT2D eigenvalue weighted by atomic mass is 9.81. The molecule has 7 heteroatoms. The number of nitrogens with two attached hydrogens (primary N) is 1. The average molecular weight is 398 g/mol. The van der Waals surface area contributed by atoms with Crippen LogP contribution in [0.2, 0.25) is 0 Å². The summed E-state index contributed by atoms with van der Waals surface area (Å²) in [6.07, 6.45) is 1.32. The lowest BCUT2D eigenvalue weighted by Crippen LogP contribution is -2.67. The van der Waals surface area contributed by atoms with Crippen LogP contribution in [0.4, 0.5) is 0 Å². The number of nitrogens with zero attached hydrogens (tertiary/aromatic N) is 1. The molecule has 0 spiro atoms. The second-order valence-electron chi connectivity index (χ2n) is 7.22. The minimum absolute atomic E-state index is 0.0933. The molecule has 1 fully saturated rings. The van der Waals surface area contributed by atoms with Gasteiger partial charge in [0.1, 0.15) is 29.4 Å². The van der Waals surface area contributed by atoms with E-state index in [9.17, 15) is 14.7 Å². The predicted octanol–water partition coefficient (Wildman–Crippen LogP) is 2.48. The van der Waals surface area contributed by atoms with Crippen LogP contribution in [0.1, 0.15) is 18.9 Å². The summed E-state index contributed by atoms with van der Waals surface area (Å²) >= 11 is 0. The largest absolute Gasteiger partial charge is 0.496 e. The number of hydrogen-bond donors (Lipinski definition) is 2. The van der Waals surface area contributed by atoms with Crippen molar-refractivity contribution >= 4 is 12.3 Å². The van der Waals surface area contributed by atoms with Crippen LogP contribution in [-0.4, -0.2) is 49.1 Å². The van der Waals surface area contributed by atoms with Crippen LogP contribution in [0.15, 0.2) is 42.5 Å². The zero-order chi connectivity index (χ0) is 21.2. The summed E-state index contributed by atoms with van der Waals surface area (Å²) in [7, 11) is 3.18. The van der Waals surface area contributed by atoms with Crippen molar-refractivity contribution in [1.29, 1.82) is 0 Å². The number of benzene rings is 2. The van der Waals surface area contributed by atoms with E-state index in [2.05, 4.69) is 0 Å². The Morgan fingerprint density at radius 2 is 1.79 bits per heavy atom. The van der Waals surface area contributed by atoms with E-state index in [1.807, 2.05) is 42.2 Å². The Bertz CT molecular complexity index is 876. The molecular formula is C22H26N2O5. The third-order valence-corrected chi connectivity index (χ3v) is 5.74. The smallest absolute Gasteiger partial charge is 0.317 e. The maximum Gasteiger partial charge on any atom is 0.317 e. The molecule has 1 aliphatic heterocycles. The Kier molecular flexibility index (Phi) is 5.91. The van der Waals surface area contributed by atoms with Crippen molar-refractivity contribution in [1.82, 2.24) is 4.90 Å². The van der Waals surface area contributed by atoms with Gasteiger partial charge in [-0.1, -0.05) is 30.3 Å². The minimum atomic E-state index is -1.42. The zero-order valence-electron chi connectivity index (χ0n) is 16.8. The number of hydrogen-bond acceptors (Lipinski definition) is 6. The van der Waals surface area contributed by atoms with Crippen LogP contribution >= 0.6 is 0 Å². The molecule has 1 saturated heterocycles.